The Morgan fingerprint density at radius 2 is 1.92 bits per heavy atom. The average Bonchev–Trinajstić information content (AvgIpc) is 2.91. The van der Waals surface area contributed by atoms with E-state index in [9.17, 15) is 4.79 Å². The second-order valence-electron chi connectivity index (χ2n) is 5.62. The molecule has 0 fully saturated rings. The lowest BCUT2D eigenvalue weighted by molar-refractivity contribution is 0.586. The topological polar surface area (TPSA) is 68.8 Å². The van der Waals surface area contributed by atoms with Crippen molar-refractivity contribution in [2.75, 3.05) is 19.0 Å². The summed E-state index contributed by atoms with van der Waals surface area (Å²) < 4.78 is 3.04. The molecule has 0 unspecified atom stereocenters. The minimum Gasteiger partial charge on any atom is -0.376 e. The van der Waals surface area contributed by atoms with Crippen LogP contribution in [0.1, 0.15) is 5.69 Å². The van der Waals surface area contributed by atoms with Gasteiger partial charge in [0.2, 0.25) is 0 Å². The largest absolute Gasteiger partial charge is 0.376 e. The highest BCUT2D eigenvalue weighted by molar-refractivity contribution is 6.30. The summed E-state index contributed by atoms with van der Waals surface area (Å²) in [7, 11) is 5.52. The summed E-state index contributed by atoms with van der Waals surface area (Å²) in [6.07, 6.45) is 1.66. The van der Waals surface area contributed by atoms with Gasteiger partial charge in [-0.2, -0.15) is 5.10 Å². The second kappa shape index (κ2) is 6.45. The van der Waals surface area contributed by atoms with E-state index in [4.69, 9.17) is 11.6 Å². The zero-order valence-electron chi connectivity index (χ0n) is 13.6. The van der Waals surface area contributed by atoms with Crippen LogP contribution < -0.4 is 10.5 Å². The first-order valence-corrected chi connectivity index (χ1v) is 7.72. The van der Waals surface area contributed by atoms with Crippen molar-refractivity contribution in [1.29, 1.82) is 0 Å². The Morgan fingerprint density at radius 1 is 1.21 bits per heavy atom. The molecule has 0 saturated carbocycles. The van der Waals surface area contributed by atoms with Gasteiger partial charge in [-0.1, -0.05) is 28.9 Å². The maximum absolute atomic E-state index is 12.3. The van der Waals surface area contributed by atoms with Gasteiger partial charge in [0.15, 0.2) is 0 Å². The predicted octanol–water partition coefficient (Wildman–Crippen LogP) is 1.81. The van der Waals surface area contributed by atoms with E-state index in [1.54, 1.807) is 36.1 Å². The summed E-state index contributed by atoms with van der Waals surface area (Å²) in [5, 5.41) is 13.2. The Balaban J connectivity index is 1.98. The lowest BCUT2D eigenvalue weighted by Crippen LogP contribution is -2.25. The fourth-order valence-corrected chi connectivity index (χ4v) is 2.44. The van der Waals surface area contributed by atoms with Crippen molar-refractivity contribution in [2.24, 2.45) is 7.05 Å². The second-order valence-corrected chi connectivity index (χ2v) is 6.06. The number of aromatic nitrogens is 5. The van der Waals surface area contributed by atoms with Gasteiger partial charge in [0, 0.05) is 37.8 Å². The van der Waals surface area contributed by atoms with Crippen molar-refractivity contribution >= 4 is 17.3 Å². The molecule has 1 aromatic carbocycles. The molecule has 24 heavy (non-hydrogen) atoms. The first-order valence-electron chi connectivity index (χ1n) is 7.34. The number of halogens is 1. The van der Waals surface area contributed by atoms with Crippen LogP contribution >= 0.6 is 11.6 Å². The van der Waals surface area contributed by atoms with Gasteiger partial charge < -0.3 is 4.90 Å². The molecule has 8 heteroatoms. The summed E-state index contributed by atoms with van der Waals surface area (Å²) in [5.74, 6) is 0. The maximum atomic E-state index is 12.3. The van der Waals surface area contributed by atoms with Crippen molar-refractivity contribution in [3.63, 3.8) is 0 Å². The minimum atomic E-state index is -0.176. The van der Waals surface area contributed by atoms with Gasteiger partial charge in [-0.25, -0.2) is 9.36 Å². The van der Waals surface area contributed by atoms with Crippen LogP contribution in [0.5, 0.6) is 0 Å². The van der Waals surface area contributed by atoms with Gasteiger partial charge >= 0.3 is 0 Å². The van der Waals surface area contributed by atoms with Crippen molar-refractivity contribution in [3.05, 3.63) is 57.6 Å². The summed E-state index contributed by atoms with van der Waals surface area (Å²) in [6, 6.07) is 8.90. The molecule has 0 aliphatic rings. The molecule has 3 rings (SSSR count). The number of hydrogen-bond acceptors (Lipinski definition) is 5. The third-order valence-corrected chi connectivity index (χ3v) is 3.98. The minimum absolute atomic E-state index is 0.176. The average molecular weight is 345 g/mol. The Hall–Kier alpha value is -2.67. The number of benzene rings is 1. The van der Waals surface area contributed by atoms with Crippen LogP contribution in [0.15, 0.2) is 41.3 Å². The SMILES string of the molecule is CN(C)c1cnn(Cc2c(-c3ccc(Cl)cc3)nnn2C)c(=O)c1. The van der Waals surface area contributed by atoms with E-state index in [1.807, 2.05) is 31.1 Å². The molecule has 3 aromatic rings. The van der Waals surface area contributed by atoms with E-state index in [-0.39, 0.29) is 12.1 Å². The summed E-state index contributed by atoms with van der Waals surface area (Å²) in [6.45, 7) is 0.286. The first kappa shape index (κ1) is 16.2. The van der Waals surface area contributed by atoms with Gasteiger partial charge in [-0.05, 0) is 12.1 Å². The van der Waals surface area contributed by atoms with Gasteiger partial charge in [0.25, 0.3) is 5.56 Å². The predicted molar refractivity (Wildman–Crippen MR) is 93.4 cm³/mol. The molecule has 0 amide bonds. The van der Waals surface area contributed by atoms with Gasteiger partial charge in [0.05, 0.1) is 24.1 Å². The molecule has 2 aromatic heterocycles. The van der Waals surface area contributed by atoms with Gasteiger partial charge in [-0.3, -0.25) is 4.79 Å². The van der Waals surface area contributed by atoms with Crippen LogP contribution in [0, 0.1) is 0 Å². The number of aryl methyl sites for hydroxylation is 1. The van der Waals surface area contributed by atoms with Crippen molar-refractivity contribution in [1.82, 2.24) is 24.8 Å². The lowest BCUT2D eigenvalue weighted by atomic mass is 10.1. The molecule has 2 heterocycles. The quantitative estimate of drug-likeness (QED) is 0.722. The fraction of sp³-hybridized carbons (Fsp3) is 0.250. The smallest absolute Gasteiger partial charge is 0.269 e. The van der Waals surface area contributed by atoms with Crippen LogP contribution in [-0.2, 0) is 13.6 Å². The molecular weight excluding hydrogens is 328 g/mol. The molecule has 0 aliphatic carbocycles. The number of rotatable bonds is 4. The van der Waals surface area contributed by atoms with Crippen LogP contribution in [0.4, 0.5) is 5.69 Å². The molecule has 7 nitrogen and oxygen atoms in total. The molecule has 0 radical (unpaired) electrons. The van der Waals surface area contributed by atoms with Crippen LogP contribution in [0.3, 0.4) is 0 Å². The van der Waals surface area contributed by atoms with Gasteiger partial charge in [0.1, 0.15) is 5.69 Å². The zero-order valence-corrected chi connectivity index (χ0v) is 14.4. The standard InChI is InChI=1S/C16H17ClN6O/c1-21(2)13-8-15(24)23(18-9-13)10-14-16(19-20-22(14)3)11-4-6-12(17)7-5-11/h4-9H,10H2,1-3H3. The van der Waals surface area contributed by atoms with E-state index >= 15 is 0 Å². The molecule has 0 atom stereocenters. The van der Waals surface area contributed by atoms with Crippen molar-refractivity contribution in [3.8, 4) is 11.3 Å². The number of hydrogen-bond donors (Lipinski definition) is 0. The lowest BCUT2D eigenvalue weighted by Gasteiger charge is -2.12. The highest BCUT2D eigenvalue weighted by Crippen LogP contribution is 2.23. The molecule has 0 aliphatic heterocycles. The van der Waals surface area contributed by atoms with E-state index in [0.717, 1.165) is 16.9 Å². The van der Waals surface area contributed by atoms with Crippen LogP contribution in [0.25, 0.3) is 11.3 Å². The van der Waals surface area contributed by atoms with Crippen LogP contribution in [0.2, 0.25) is 5.02 Å². The molecule has 0 saturated heterocycles. The zero-order chi connectivity index (χ0) is 17.3. The summed E-state index contributed by atoms with van der Waals surface area (Å²) in [4.78, 5) is 14.1. The molecule has 0 spiro atoms. The number of nitrogens with zero attached hydrogens (tertiary/aromatic N) is 6. The Labute approximate surface area is 144 Å². The molecule has 124 valence electrons. The van der Waals surface area contributed by atoms with E-state index < -0.39 is 0 Å². The number of anilines is 1. The maximum Gasteiger partial charge on any atom is 0.269 e. The molecule has 0 N–H and O–H groups in total. The van der Waals surface area contributed by atoms with Gasteiger partial charge in [-0.15, -0.1) is 5.10 Å². The van der Waals surface area contributed by atoms with E-state index in [1.165, 1.54) is 4.68 Å². The third-order valence-electron chi connectivity index (χ3n) is 3.73. The first-order chi connectivity index (χ1) is 11.5. The summed E-state index contributed by atoms with van der Waals surface area (Å²) >= 11 is 5.93. The highest BCUT2D eigenvalue weighted by Gasteiger charge is 2.14. The fourth-order valence-electron chi connectivity index (χ4n) is 2.32. The van der Waals surface area contributed by atoms with E-state index in [2.05, 4.69) is 15.4 Å². The Bertz CT molecular complexity index is 913. The van der Waals surface area contributed by atoms with Crippen LogP contribution in [-0.4, -0.2) is 38.9 Å². The molecule has 0 bridgehead atoms. The van der Waals surface area contributed by atoms with Crippen molar-refractivity contribution in [2.45, 2.75) is 6.54 Å². The Kier molecular flexibility index (Phi) is 4.35. The third kappa shape index (κ3) is 3.16. The van der Waals surface area contributed by atoms with Crippen molar-refractivity contribution < 1.29 is 0 Å². The summed E-state index contributed by atoms with van der Waals surface area (Å²) in [5.41, 5.74) is 2.98. The highest BCUT2D eigenvalue weighted by atomic mass is 35.5. The Morgan fingerprint density at radius 3 is 2.54 bits per heavy atom. The van der Waals surface area contributed by atoms with E-state index in [0.29, 0.717) is 10.7 Å². The monoisotopic (exact) mass is 344 g/mol. The normalized spacial score (nSPS) is 10.8. The molecular formula is C16H17ClN6O.